The van der Waals surface area contributed by atoms with Gasteiger partial charge in [0, 0.05) is 12.6 Å². The van der Waals surface area contributed by atoms with E-state index in [1.54, 1.807) is 0 Å². The molecule has 0 aromatic carbocycles. The van der Waals surface area contributed by atoms with Crippen molar-refractivity contribution >= 4 is 15.9 Å². The maximum absolute atomic E-state index is 4.51. The third-order valence-corrected chi connectivity index (χ3v) is 3.88. The molecule has 1 rings (SSSR count). The number of hydrogen-bond acceptors (Lipinski definition) is 2. The highest BCUT2D eigenvalue weighted by Gasteiger charge is 2.11. The normalized spacial score (nSPS) is 11.4. The van der Waals surface area contributed by atoms with E-state index in [1.807, 2.05) is 0 Å². The number of aryl methyl sites for hydroxylation is 2. The molecule has 0 saturated carbocycles. The molecule has 1 aromatic rings. The lowest BCUT2D eigenvalue weighted by Crippen LogP contribution is -2.23. The van der Waals surface area contributed by atoms with E-state index in [-0.39, 0.29) is 0 Å². The maximum atomic E-state index is 4.51. The molecule has 0 spiro atoms. The Morgan fingerprint density at radius 3 is 2.65 bits per heavy atom. The second-order valence-corrected chi connectivity index (χ2v) is 5.52. The summed E-state index contributed by atoms with van der Waals surface area (Å²) in [5, 5.41) is 7.96. The van der Waals surface area contributed by atoms with Crippen LogP contribution in [0.5, 0.6) is 0 Å². The van der Waals surface area contributed by atoms with Crippen LogP contribution in [0.3, 0.4) is 0 Å². The van der Waals surface area contributed by atoms with Crippen LogP contribution in [-0.2, 0) is 13.0 Å². The van der Waals surface area contributed by atoms with Gasteiger partial charge in [-0.15, -0.1) is 0 Å². The van der Waals surface area contributed by atoms with Crippen LogP contribution in [0.25, 0.3) is 0 Å². The van der Waals surface area contributed by atoms with Gasteiger partial charge in [-0.1, -0.05) is 13.8 Å². The summed E-state index contributed by atoms with van der Waals surface area (Å²) in [6.45, 7) is 10.6. The highest BCUT2D eigenvalue weighted by molar-refractivity contribution is 9.10. The van der Waals surface area contributed by atoms with Crippen LogP contribution in [0.15, 0.2) is 4.47 Å². The van der Waals surface area contributed by atoms with E-state index in [0.717, 1.165) is 25.2 Å². The molecule has 0 saturated heterocycles. The number of hydrogen-bond donors (Lipinski definition) is 1. The predicted molar refractivity (Wildman–Crippen MR) is 76.4 cm³/mol. The minimum atomic E-state index is 0.588. The summed E-state index contributed by atoms with van der Waals surface area (Å²) in [5.41, 5.74) is 2.44. The molecule has 0 fully saturated rings. The molecule has 4 heteroatoms. The number of aromatic nitrogens is 2. The summed E-state index contributed by atoms with van der Waals surface area (Å²) < 4.78 is 3.30. The second kappa shape index (κ2) is 7.17. The Labute approximate surface area is 113 Å². The van der Waals surface area contributed by atoms with Crippen molar-refractivity contribution in [2.45, 2.75) is 59.5 Å². The number of nitrogens with zero attached hydrogens (tertiary/aromatic N) is 2. The molecular weight excluding hydrogens is 278 g/mol. The van der Waals surface area contributed by atoms with Gasteiger partial charge in [0.2, 0.25) is 0 Å². The predicted octanol–water partition coefficient (Wildman–Crippen LogP) is 3.29. The fraction of sp³-hybridized carbons (Fsp3) is 0.769. The largest absolute Gasteiger partial charge is 0.315 e. The minimum Gasteiger partial charge on any atom is -0.315 e. The second-order valence-electron chi connectivity index (χ2n) is 4.73. The van der Waals surface area contributed by atoms with Crippen molar-refractivity contribution in [1.82, 2.24) is 15.1 Å². The summed E-state index contributed by atoms with van der Waals surface area (Å²) >= 11 is 3.64. The first-order chi connectivity index (χ1) is 8.06. The van der Waals surface area contributed by atoms with E-state index in [4.69, 9.17) is 0 Å². The van der Waals surface area contributed by atoms with Gasteiger partial charge in [-0.25, -0.2) is 0 Å². The molecule has 0 aliphatic rings. The van der Waals surface area contributed by atoms with Crippen molar-refractivity contribution in [2.75, 3.05) is 6.54 Å². The molecule has 0 atom stereocenters. The lowest BCUT2D eigenvalue weighted by atomic mass is 10.2. The van der Waals surface area contributed by atoms with Crippen LogP contribution >= 0.6 is 15.9 Å². The van der Waals surface area contributed by atoms with Crippen LogP contribution in [0.2, 0.25) is 0 Å². The Hall–Kier alpha value is -0.350. The molecule has 1 heterocycles. The van der Waals surface area contributed by atoms with Crippen LogP contribution < -0.4 is 5.32 Å². The summed E-state index contributed by atoms with van der Waals surface area (Å²) in [6.07, 6.45) is 3.54. The van der Waals surface area contributed by atoms with E-state index < -0.39 is 0 Å². The number of halogens is 1. The molecule has 0 amide bonds. The number of rotatable bonds is 7. The van der Waals surface area contributed by atoms with Gasteiger partial charge in [-0.3, -0.25) is 4.68 Å². The first-order valence-electron chi connectivity index (χ1n) is 6.51. The lowest BCUT2D eigenvalue weighted by Gasteiger charge is -2.08. The van der Waals surface area contributed by atoms with Gasteiger partial charge in [0.15, 0.2) is 0 Å². The van der Waals surface area contributed by atoms with Crippen molar-refractivity contribution in [3.63, 3.8) is 0 Å². The maximum Gasteiger partial charge on any atom is 0.0738 e. The van der Waals surface area contributed by atoms with E-state index in [1.165, 1.54) is 23.0 Å². The van der Waals surface area contributed by atoms with Gasteiger partial charge in [-0.2, -0.15) is 5.10 Å². The molecule has 1 N–H and O–H groups in total. The highest BCUT2D eigenvalue weighted by Crippen LogP contribution is 2.22. The fourth-order valence-corrected chi connectivity index (χ4v) is 2.40. The Kier molecular flexibility index (Phi) is 6.20. The summed E-state index contributed by atoms with van der Waals surface area (Å²) in [4.78, 5) is 0. The average Bonchev–Trinajstić information content (AvgIpc) is 2.55. The molecule has 3 nitrogen and oxygen atoms in total. The van der Waals surface area contributed by atoms with Crippen molar-refractivity contribution in [3.8, 4) is 0 Å². The van der Waals surface area contributed by atoms with E-state index >= 15 is 0 Å². The third kappa shape index (κ3) is 4.43. The Morgan fingerprint density at radius 1 is 1.35 bits per heavy atom. The highest BCUT2D eigenvalue weighted by atomic mass is 79.9. The number of unbranched alkanes of at least 4 members (excludes halogenated alkanes) is 1. The van der Waals surface area contributed by atoms with Gasteiger partial charge in [0.05, 0.1) is 15.9 Å². The summed E-state index contributed by atoms with van der Waals surface area (Å²) in [5.74, 6) is 0. The van der Waals surface area contributed by atoms with Gasteiger partial charge >= 0.3 is 0 Å². The van der Waals surface area contributed by atoms with Crippen LogP contribution in [0, 0.1) is 6.92 Å². The van der Waals surface area contributed by atoms with Crippen LogP contribution in [0.4, 0.5) is 0 Å². The molecule has 0 unspecified atom stereocenters. The molecular formula is C13H24BrN3. The lowest BCUT2D eigenvalue weighted by molar-refractivity contribution is 0.545. The molecule has 0 aliphatic carbocycles. The Bertz CT molecular complexity index is 345. The molecule has 1 aromatic heterocycles. The Balaban J connectivity index is 2.41. The quantitative estimate of drug-likeness (QED) is 0.783. The fourth-order valence-electron chi connectivity index (χ4n) is 1.92. The van der Waals surface area contributed by atoms with E-state index in [0.29, 0.717) is 6.04 Å². The van der Waals surface area contributed by atoms with Crippen LogP contribution in [0.1, 0.15) is 45.0 Å². The third-order valence-electron chi connectivity index (χ3n) is 2.85. The summed E-state index contributed by atoms with van der Waals surface area (Å²) in [7, 11) is 0. The Morgan fingerprint density at radius 2 is 2.06 bits per heavy atom. The van der Waals surface area contributed by atoms with Crippen molar-refractivity contribution in [3.05, 3.63) is 15.9 Å². The monoisotopic (exact) mass is 301 g/mol. The van der Waals surface area contributed by atoms with E-state index in [2.05, 4.69) is 58.7 Å². The molecule has 0 aliphatic heterocycles. The topological polar surface area (TPSA) is 29.9 Å². The SMILES string of the molecule is CCn1nc(C)c(Br)c1CCCCNC(C)C. The molecule has 0 bridgehead atoms. The van der Waals surface area contributed by atoms with Gasteiger partial charge in [0.1, 0.15) is 0 Å². The molecule has 0 radical (unpaired) electrons. The van der Waals surface area contributed by atoms with Crippen molar-refractivity contribution in [2.24, 2.45) is 0 Å². The zero-order valence-electron chi connectivity index (χ0n) is 11.4. The van der Waals surface area contributed by atoms with Gasteiger partial charge in [-0.05, 0) is 55.6 Å². The smallest absolute Gasteiger partial charge is 0.0738 e. The first-order valence-corrected chi connectivity index (χ1v) is 7.30. The zero-order valence-corrected chi connectivity index (χ0v) is 13.0. The summed E-state index contributed by atoms with van der Waals surface area (Å²) in [6, 6.07) is 0.588. The zero-order chi connectivity index (χ0) is 12.8. The standard InChI is InChI=1S/C13H24BrN3/c1-5-17-12(13(14)11(4)16-17)8-6-7-9-15-10(2)3/h10,15H,5-9H2,1-4H3. The molecule has 98 valence electrons. The first kappa shape index (κ1) is 14.7. The van der Waals surface area contributed by atoms with Crippen LogP contribution in [-0.4, -0.2) is 22.4 Å². The van der Waals surface area contributed by atoms with Gasteiger partial charge in [0.25, 0.3) is 0 Å². The van der Waals surface area contributed by atoms with Gasteiger partial charge < -0.3 is 5.32 Å². The van der Waals surface area contributed by atoms with Crippen molar-refractivity contribution in [1.29, 1.82) is 0 Å². The van der Waals surface area contributed by atoms with Crippen molar-refractivity contribution < 1.29 is 0 Å². The number of nitrogens with one attached hydrogen (secondary N) is 1. The van der Waals surface area contributed by atoms with E-state index in [9.17, 15) is 0 Å². The average molecular weight is 302 g/mol. The molecule has 17 heavy (non-hydrogen) atoms. The minimum absolute atomic E-state index is 0.588.